The summed E-state index contributed by atoms with van der Waals surface area (Å²) >= 11 is 0. The number of halogens is 1. The van der Waals surface area contributed by atoms with Gasteiger partial charge in [0.2, 0.25) is 0 Å². The summed E-state index contributed by atoms with van der Waals surface area (Å²) in [7, 11) is 0. The predicted octanol–water partition coefficient (Wildman–Crippen LogP) is 6.93. The topological polar surface area (TPSA) is 56.1 Å². The number of nitrogens with zero attached hydrogens (tertiary/aromatic N) is 2. The van der Waals surface area contributed by atoms with Crippen LogP contribution in [0.5, 0.6) is 5.75 Å². The molecule has 0 saturated heterocycles. The van der Waals surface area contributed by atoms with Gasteiger partial charge in [0, 0.05) is 18.7 Å². The summed E-state index contributed by atoms with van der Waals surface area (Å²) in [6, 6.07) is 36.2. The van der Waals surface area contributed by atoms with E-state index in [4.69, 9.17) is 9.72 Å². The third-order valence-electron chi connectivity index (χ3n) is 6.95. The Labute approximate surface area is 231 Å². The maximum atomic E-state index is 14.0. The molecule has 0 aliphatic rings. The second-order valence-corrected chi connectivity index (χ2v) is 9.74. The molecule has 1 N–H and O–H groups in total. The first-order valence-corrected chi connectivity index (χ1v) is 13.3. The summed E-state index contributed by atoms with van der Waals surface area (Å²) in [5, 5.41) is 5.24. The number of amides is 1. The summed E-state index contributed by atoms with van der Waals surface area (Å²) in [5.74, 6) is 0.993. The Bertz CT molecular complexity index is 1800. The van der Waals surface area contributed by atoms with E-state index in [1.165, 1.54) is 17.7 Å². The summed E-state index contributed by atoms with van der Waals surface area (Å²) in [6.45, 7) is 1.19. The molecule has 6 rings (SSSR count). The molecule has 5 aromatic carbocycles. The molecule has 0 radical (unpaired) electrons. The van der Waals surface area contributed by atoms with E-state index in [-0.39, 0.29) is 18.3 Å². The third kappa shape index (κ3) is 5.71. The van der Waals surface area contributed by atoms with Gasteiger partial charge in [-0.25, -0.2) is 9.37 Å². The van der Waals surface area contributed by atoms with E-state index in [1.54, 1.807) is 18.2 Å². The molecule has 0 fully saturated rings. The Morgan fingerprint density at radius 2 is 1.60 bits per heavy atom. The quantitative estimate of drug-likeness (QED) is 0.221. The molecule has 1 amide bonds. The highest BCUT2D eigenvalue weighted by molar-refractivity contribution is 5.97. The molecule has 5 nitrogen and oxygen atoms in total. The van der Waals surface area contributed by atoms with E-state index in [2.05, 4.69) is 11.4 Å². The van der Waals surface area contributed by atoms with E-state index in [0.717, 1.165) is 34.0 Å². The Balaban J connectivity index is 1.25. The first-order chi connectivity index (χ1) is 19.6. The maximum absolute atomic E-state index is 14.0. The zero-order valence-electron chi connectivity index (χ0n) is 21.9. The van der Waals surface area contributed by atoms with E-state index in [0.29, 0.717) is 30.0 Å². The molecule has 0 saturated carbocycles. The predicted molar refractivity (Wildman–Crippen MR) is 156 cm³/mol. The Morgan fingerprint density at radius 3 is 2.45 bits per heavy atom. The van der Waals surface area contributed by atoms with Crippen LogP contribution in [0.15, 0.2) is 115 Å². The Kier molecular flexibility index (Phi) is 7.22. The normalized spacial score (nSPS) is 11.1. The smallest absolute Gasteiger partial charge is 0.251 e. The number of hydrogen-bond donors (Lipinski definition) is 1. The van der Waals surface area contributed by atoms with Crippen molar-refractivity contribution in [3.8, 4) is 5.75 Å². The number of benzene rings is 5. The van der Waals surface area contributed by atoms with Crippen molar-refractivity contribution in [1.82, 2.24) is 14.9 Å². The highest BCUT2D eigenvalue weighted by Crippen LogP contribution is 2.24. The van der Waals surface area contributed by atoms with Crippen LogP contribution < -0.4 is 10.1 Å². The fourth-order valence-electron chi connectivity index (χ4n) is 4.90. The van der Waals surface area contributed by atoms with Gasteiger partial charge >= 0.3 is 0 Å². The Morgan fingerprint density at radius 1 is 0.800 bits per heavy atom. The number of carbonyl (C=O) groups is 1. The van der Waals surface area contributed by atoms with Crippen molar-refractivity contribution in [2.45, 2.75) is 19.6 Å². The molecule has 1 heterocycles. The molecular formula is C34H28FN3O2. The van der Waals surface area contributed by atoms with Crippen molar-refractivity contribution in [3.05, 3.63) is 144 Å². The van der Waals surface area contributed by atoms with Crippen LogP contribution in [0, 0.1) is 5.82 Å². The van der Waals surface area contributed by atoms with Gasteiger partial charge in [0.25, 0.3) is 5.91 Å². The first-order valence-electron chi connectivity index (χ1n) is 13.3. The minimum Gasteiger partial charge on any atom is -0.486 e. The molecule has 0 unspecified atom stereocenters. The van der Waals surface area contributed by atoms with Crippen molar-refractivity contribution in [2.24, 2.45) is 0 Å². The lowest BCUT2D eigenvalue weighted by molar-refractivity contribution is 0.0954. The van der Waals surface area contributed by atoms with Gasteiger partial charge in [0.15, 0.2) is 0 Å². The van der Waals surface area contributed by atoms with Crippen molar-refractivity contribution < 1.29 is 13.9 Å². The van der Waals surface area contributed by atoms with Crippen LogP contribution in [0.1, 0.15) is 27.3 Å². The molecule has 40 heavy (non-hydrogen) atoms. The highest BCUT2D eigenvalue weighted by Gasteiger charge is 2.15. The van der Waals surface area contributed by atoms with Gasteiger partial charge in [-0.05, 0) is 70.8 Å². The summed E-state index contributed by atoms with van der Waals surface area (Å²) < 4.78 is 22.1. The summed E-state index contributed by atoms with van der Waals surface area (Å²) in [5.41, 5.74) is 4.06. The molecule has 6 aromatic rings. The largest absolute Gasteiger partial charge is 0.486 e. The van der Waals surface area contributed by atoms with E-state index in [1.807, 2.05) is 83.4 Å². The van der Waals surface area contributed by atoms with Gasteiger partial charge in [-0.2, -0.15) is 0 Å². The number of rotatable bonds is 9. The second-order valence-electron chi connectivity index (χ2n) is 9.74. The first kappa shape index (κ1) is 25.3. The van der Waals surface area contributed by atoms with Crippen LogP contribution in [0.2, 0.25) is 0 Å². The van der Waals surface area contributed by atoms with Crippen LogP contribution in [0.25, 0.3) is 21.8 Å². The number of ether oxygens (including phenoxy) is 1. The lowest BCUT2D eigenvalue weighted by Gasteiger charge is -2.12. The highest BCUT2D eigenvalue weighted by atomic mass is 19.1. The zero-order valence-corrected chi connectivity index (χ0v) is 21.9. The van der Waals surface area contributed by atoms with Gasteiger partial charge in [-0.3, -0.25) is 4.79 Å². The fourth-order valence-corrected chi connectivity index (χ4v) is 4.90. The molecule has 0 aliphatic carbocycles. The molecule has 0 bridgehead atoms. The number of hydrogen-bond acceptors (Lipinski definition) is 3. The maximum Gasteiger partial charge on any atom is 0.251 e. The third-order valence-corrected chi connectivity index (χ3v) is 6.95. The molecule has 198 valence electrons. The molecule has 0 aliphatic heterocycles. The van der Waals surface area contributed by atoms with Crippen LogP contribution >= 0.6 is 0 Å². The standard InChI is InChI=1S/C34H28FN3O2/c35-29-12-6-9-25(19-29)22-38-32-16-14-28(34(39)36-18-17-24-7-2-1-3-8-24)21-31(32)37-33(38)23-40-30-15-13-26-10-4-5-11-27(26)20-30/h1-16,19-21H,17-18,22-23H2,(H,36,39). The van der Waals surface area contributed by atoms with Crippen molar-refractivity contribution >= 4 is 27.7 Å². The molecular weight excluding hydrogens is 501 g/mol. The lowest BCUT2D eigenvalue weighted by atomic mass is 10.1. The van der Waals surface area contributed by atoms with Gasteiger partial charge in [-0.1, -0.05) is 72.8 Å². The summed E-state index contributed by atoms with van der Waals surface area (Å²) in [6.07, 6.45) is 0.757. The average Bonchev–Trinajstić information content (AvgIpc) is 3.32. The molecule has 6 heteroatoms. The van der Waals surface area contributed by atoms with E-state index < -0.39 is 0 Å². The minimum absolute atomic E-state index is 0.147. The molecule has 0 spiro atoms. The monoisotopic (exact) mass is 529 g/mol. The van der Waals surface area contributed by atoms with Gasteiger partial charge in [0.05, 0.1) is 11.0 Å². The fraction of sp³-hybridized carbons (Fsp3) is 0.118. The molecule has 1 aromatic heterocycles. The van der Waals surface area contributed by atoms with E-state index >= 15 is 0 Å². The number of fused-ring (bicyclic) bond motifs is 2. The second kappa shape index (κ2) is 11.4. The average molecular weight is 530 g/mol. The van der Waals surface area contributed by atoms with Crippen LogP contribution in [0.4, 0.5) is 4.39 Å². The number of imidazole rings is 1. The number of aromatic nitrogens is 2. The van der Waals surface area contributed by atoms with Gasteiger partial charge in [0.1, 0.15) is 24.0 Å². The Hall–Kier alpha value is -4.97. The van der Waals surface area contributed by atoms with Crippen LogP contribution in [-0.4, -0.2) is 22.0 Å². The summed E-state index contributed by atoms with van der Waals surface area (Å²) in [4.78, 5) is 17.7. The lowest BCUT2D eigenvalue weighted by Crippen LogP contribution is -2.25. The number of carbonyl (C=O) groups excluding carboxylic acids is 1. The SMILES string of the molecule is O=C(NCCc1ccccc1)c1ccc2c(c1)nc(COc1ccc3ccccc3c1)n2Cc1cccc(F)c1. The number of nitrogens with one attached hydrogen (secondary N) is 1. The van der Waals surface area contributed by atoms with Crippen LogP contribution in [-0.2, 0) is 19.6 Å². The molecule has 0 atom stereocenters. The van der Waals surface area contributed by atoms with Gasteiger partial charge < -0.3 is 14.6 Å². The van der Waals surface area contributed by atoms with Crippen molar-refractivity contribution in [1.29, 1.82) is 0 Å². The van der Waals surface area contributed by atoms with Crippen LogP contribution in [0.3, 0.4) is 0 Å². The van der Waals surface area contributed by atoms with Crippen molar-refractivity contribution in [2.75, 3.05) is 6.54 Å². The van der Waals surface area contributed by atoms with E-state index in [9.17, 15) is 9.18 Å². The zero-order chi connectivity index (χ0) is 27.3. The minimum atomic E-state index is -0.287. The van der Waals surface area contributed by atoms with Gasteiger partial charge in [-0.15, -0.1) is 0 Å². The van der Waals surface area contributed by atoms with Crippen molar-refractivity contribution in [3.63, 3.8) is 0 Å².